The second kappa shape index (κ2) is 6.15. The van der Waals surface area contributed by atoms with Gasteiger partial charge < -0.3 is 9.84 Å². The fraction of sp³-hybridized carbons (Fsp3) is 0.647. The number of ether oxygens (including phenoxy) is 1. The van der Waals surface area contributed by atoms with Crippen molar-refractivity contribution in [3.05, 3.63) is 29.8 Å². The molecule has 3 heterocycles. The molecule has 20 heavy (non-hydrogen) atoms. The summed E-state index contributed by atoms with van der Waals surface area (Å²) in [6.07, 6.45) is 4.07. The van der Waals surface area contributed by atoms with Crippen LogP contribution in [0, 0.1) is 5.92 Å². The van der Waals surface area contributed by atoms with E-state index in [0.717, 1.165) is 51.1 Å². The van der Waals surface area contributed by atoms with E-state index >= 15 is 0 Å². The van der Waals surface area contributed by atoms with Crippen LogP contribution in [-0.2, 0) is 6.42 Å². The van der Waals surface area contributed by atoms with Crippen LogP contribution in [-0.4, -0.2) is 41.8 Å². The molecule has 3 fully saturated rings. The summed E-state index contributed by atoms with van der Waals surface area (Å²) in [4.78, 5) is 2.46. The molecule has 0 aromatic heterocycles. The molecule has 2 bridgehead atoms. The number of nitrogens with zero attached hydrogens (tertiary/aromatic N) is 1. The largest absolute Gasteiger partial charge is 0.493 e. The van der Waals surface area contributed by atoms with Gasteiger partial charge in [0.15, 0.2) is 0 Å². The maximum atomic E-state index is 10.5. The molecule has 3 saturated heterocycles. The van der Waals surface area contributed by atoms with Crippen molar-refractivity contribution >= 4 is 0 Å². The highest BCUT2D eigenvalue weighted by atomic mass is 16.5. The SMILES string of the molecule is CCCOc1ccccc1CC1C(O)C2CCN1CC2. The average molecular weight is 275 g/mol. The minimum atomic E-state index is -0.170. The van der Waals surface area contributed by atoms with Gasteiger partial charge in [0, 0.05) is 6.04 Å². The molecule has 1 aromatic rings. The predicted octanol–water partition coefficient (Wildman–Crippen LogP) is 2.47. The van der Waals surface area contributed by atoms with Gasteiger partial charge in [-0.1, -0.05) is 25.1 Å². The Morgan fingerprint density at radius 1 is 1.25 bits per heavy atom. The summed E-state index contributed by atoms with van der Waals surface area (Å²) < 4.78 is 5.84. The number of fused-ring (bicyclic) bond motifs is 3. The van der Waals surface area contributed by atoms with E-state index in [1.165, 1.54) is 5.56 Å². The number of para-hydroxylation sites is 1. The molecule has 4 rings (SSSR count). The molecule has 0 spiro atoms. The number of aliphatic hydroxyl groups is 1. The van der Waals surface area contributed by atoms with Gasteiger partial charge in [0.05, 0.1) is 12.7 Å². The number of hydrogen-bond donors (Lipinski definition) is 1. The summed E-state index contributed by atoms with van der Waals surface area (Å²) in [7, 11) is 0. The average Bonchev–Trinajstić information content (AvgIpc) is 2.50. The first-order valence-corrected chi connectivity index (χ1v) is 7.92. The van der Waals surface area contributed by atoms with Crippen LogP contribution in [0.25, 0.3) is 0 Å². The third kappa shape index (κ3) is 2.70. The van der Waals surface area contributed by atoms with Gasteiger partial charge in [-0.05, 0) is 56.3 Å². The molecular weight excluding hydrogens is 250 g/mol. The first-order chi connectivity index (χ1) is 9.79. The van der Waals surface area contributed by atoms with E-state index in [0.29, 0.717) is 5.92 Å². The summed E-state index contributed by atoms with van der Waals surface area (Å²) in [5, 5.41) is 10.5. The first kappa shape index (κ1) is 13.9. The molecule has 0 aliphatic carbocycles. The first-order valence-electron chi connectivity index (χ1n) is 7.92. The standard InChI is InChI=1S/C17H25NO2/c1-2-11-20-16-6-4-3-5-14(16)12-15-17(19)13-7-9-18(15)10-8-13/h3-6,13,15,17,19H,2,7-12H2,1H3. The highest BCUT2D eigenvalue weighted by molar-refractivity contribution is 5.34. The molecule has 1 N–H and O–H groups in total. The number of piperidine rings is 3. The van der Waals surface area contributed by atoms with Crippen molar-refractivity contribution in [1.29, 1.82) is 0 Å². The van der Waals surface area contributed by atoms with Crippen molar-refractivity contribution in [3.8, 4) is 5.75 Å². The Hall–Kier alpha value is -1.06. The lowest BCUT2D eigenvalue weighted by Gasteiger charge is -2.49. The summed E-state index contributed by atoms with van der Waals surface area (Å²) in [6, 6.07) is 8.55. The van der Waals surface area contributed by atoms with Crippen LogP contribution in [0.2, 0.25) is 0 Å². The molecule has 3 aliphatic heterocycles. The van der Waals surface area contributed by atoms with Crippen molar-refractivity contribution in [2.75, 3.05) is 19.7 Å². The third-order valence-electron chi connectivity index (χ3n) is 4.78. The Morgan fingerprint density at radius 2 is 2.00 bits per heavy atom. The van der Waals surface area contributed by atoms with Gasteiger partial charge in [-0.25, -0.2) is 0 Å². The minimum Gasteiger partial charge on any atom is -0.493 e. The highest BCUT2D eigenvalue weighted by Crippen LogP contribution is 2.35. The van der Waals surface area contributed by atoms with E-state index in [-0.39, 0.29) is 12.1 Å². The van der Waals surface area contributed by atoms with E-state index in [1.807, 2.05) is 12.1 Å². The lowest BCUT2D eigenvalue weighted by atomic mass is 9.78. The van der Waals surface area contributed by atoms with Gasteiger partial charge in [0.25, 0.3) is 0 Å². The van der Waals surface area contributed by atoms with Gasteiger partial charge >= 0.3 is 0 Å². The maximum absolute atomic E-state index is 10.5. The highest BCUT2D eigenvalue weighted by Gasteiger charge is 2.41. The van der Waals surface area contributed by atoms with Crippen molar-refractivity contribution in [2.24, 2.45) is 5.92 Å². The number of hydrogen-bond acceptors (Lipinski definition) is 3. The van der Waals surface area contributed by atoms with Crippen LogP contribution in [0.4, 0.5) is 0 Å². The molecule has 2 unspecified atom stereocenters. The summed E-state index contributed by atoms with van der Waals surface area (Å²) in [5.74, 6) is 1.50. The smallest absolute Gasteiger partial charge is 0.122 e. The molecule has 0 saturated carbocycles. The fourth-order valence-electron chi connectivity index (χ4n) is 3.62. The normalized spacial score (nSPS) is 32.3. The topological polar surface area (TPSA) is 32.7 Å². The summed E-state index contributed by atoms with van der Waals surface area (Å²) in [5.41, 5.74) is 1.23. The van der Waals surface area contributed by atoms with Crippen molar-refractivity contribution in [1.82, 2.24) is 4.90 Å². The zero-order valence-electron chi connectivity index (χ0n) is 12.3. The van der Waals surface area contributed by atoms with Crippen LogP contribution in [0.3, 0.4) is 0 Å². The van der Waals surface area contributed by atoms with Gasteiger partial charge in [0.2, 0.25) is 0 Å². The summed E-state index contributed by atoms with van der Waals surface area (Å²) in [6.45, 7) is 5.17. The second-order valence-corrected chi connectivity index (χ2v) is 6.09. The minimum absolute atomic E-state index is 0.170. The van der Waals surface area contributed by atoms with Crippen molar-refractivity contribution in [3.63, 3.8) is 0 Å². The van der Waals surface area contributed by atoms with E-state index in [2.05, 4.69) is 24.0 Å². The van der Waals surface area contributed by atoms with Gasteiger partial charge in [-0.3, -0.25) is 4.90 Å². The van der Waals surface area contributed by atoms with Crippen LogP contribution in [0.15, 0.2) is 24.3 Å². The van der Waals surface area contributed by atoms with E-state index < -0.39 is 0 Å². The molecule has 3 aliphatic rings. The van der Waals surface area contributed by atoms with Crippen molar-refractivity contribution < 1.29 is 9.84 Å². The van der Waals surface area contributed by atoms with E-state index in [1.54, 1.807) is 0 Å². The zero-order chi connectivity index (χ0) is 13.9. The van der Waals surface area contributed by atoms with Crippen molar-refractivity contribution in [2.45, 2.75) is 44.8 Å². The van der Waals surface area contributed by atoms with Crippen LogP contribution >= 0.6 is 0 Å². The molecule has 1 aromatic carbocycles. The van der Waals surface area contributed by atoms with E-state index in [4.69, 9.17) is 4.74 Å². The van der Waals surface area contributed by atoms with E-state index in [9.17, 15) is 5.11 Å². The molecule has 2 atom stereocenters. The molecule has 0 radical (unpaired) electrons. The Bertz CT molecular complexity index is 438. The Kier molecular flexibility index (Phi) is 4.27. The Labute approximate surface area is 121 Å². The lowest BCUT2D eigenvalue weighted by molar-refractivity contribution is -0.0716. The maximum Gasteiger partial charge on any atom is 0.122 e. The fourth-order valence-corrected chi connectivity index (χ4v) is 3.62. The van der Waals surface area contributed by atoms with Crippen LogP contribution in [0.5, 0.6) is 5.75 Å². The molecule has 0 amide bonds. The quantitative estimate of drug-likeness (QED) is 0.896. The molecular formula is C17H25NO2. The molecule has 3 heteroatoms. The number of benzene rings is 1. The van der Waals surface area contributed by atoms with Gasteiger partial charge in [0.1, 0.15) is 5.75 Å². The zero-order valence-corrected chi connectivity index (χ0v) is 12.3. The Balaban J connectivity index is 1.74. The van der Waals surface area contributed by atoms with Gasteiger partial charge in [-0.2, -0.15) is 0 Å². The monoisotopic (exact) mass is 275 g/mol. The summed E-state index contributed by atoms with van der Waals surface area (Å²) >= 11 is 0. The Morgan fingerprint density at radius 3 is 2.70 bits per heavy atom. The second-order valence-electron chi connectivity index (χ2n) is 6.09. The van der Waals surface area contributed by atoms with Gasteiger partial charge in [-0.15, -0.1) is 0 Å². The third-order valence-corrected chi connectivity index (χ3v) is 4.78. The number of rotatable bonds is 5. The molecule has 3 nitrogen and oxygen atoms in total. The lowest BCUT2D eigenvalue weighted by Crippen LogP contribution is -2.58. The predicted molar refractivity (Wildman–Crippen MR) is 80.0 cm³/mol. The molecule has 110 valence electrons. The van der Waals surface area contributed by atoms with Crippen LogP contribution in [0.1, 0.15) is 31.7 Å². The number of aliphatic hydroxyl groups excluding tert-OH is 1. The van der Waals surface area contributed by atoms with Crippen LogP contribution < -0.4 is 4.74 Å².